The first-order valence-corrected chi connectivity index (χ1v) is 9.98. The number of nitrogens with zero attached hydrogens (tertiary/aromatic N) is 1. The molecule has 1 aliphatic carbocycles. The van der Waals surface area contributed by atoms with Crippen molar-refractivity contribution >= 4 is 17.9 Å². The fourth-order valence-corrected chi connectivity index (χ4v) is 4.19. The van der Waals surface area contributed by atoms with Crippen LogP contribution in [0.3, 0.4) is 0 Å². The number of rotatable bonds is 5. The van der Waals surface area contributed by atoms with Crippen LogP contribution in [-0.2, 0) is 14.3 Å². The second kappa shape index (κ2) is 8.14. The van der Waals surface area contributed by atoms with Gasteiger partial charge in [0.25, 0.3) is 0 Å². The van der Waals surface area contributed by atoms with Crippen LogP contribution in [0.15, 0.2) is 35.5 Å². The Morgan fingerprint density at radius 3 is 2.62 bits per heavy atom. The molecule has 1 saturated carbocycles. The van der Waals surface area contributed by atoms with Gasteiger partial charge in [-0.2, -0.15) is 0 Å². The summed E-state index contributed by atoms with van der Waals surface area (Å²) in [4.78, 5) is 39.0. The number of amides is 3. The monoisotopic (exact) mass is 399 g/mol. The number of methoxy groups -OCH3 is 1. The van der Waals surface area contributed by atoms with E-state index >= 15 is 0 Å². The zero-order chi connectivity index (χ0) is 20.4. The molecule has 29 heavy (non-hydrogen) atoms. The number of carbonyl (C=O) groups excluding carboxylic acids is 3. The van der Waals surface area contributed by atoms with Crippen molar-refractivity contribution < 1.29 is 23.9 Å². The van der Waals surface area contributed by atoms with E-state index in [-0.39, 0.29) is 25.1 Å². The Kier molecular flexibility index (Phi) is 5.42. The molecule has 0 saturated heterocycles. The molecule has 8 nitrogen and oxygen atoms in total. The number of hydrogen-bond donors (Lipinski definition) is 2. The number of benzene rings is 1. The molecule has 0 aromatic heterocycles. The van der Waals surface area contributed by atoms with Crippen molar-refractivity contribution in [3.05, 3.63) is 41.1 Å². The minimum atomic E-state index is -0.615. The molecule has 1 aromatic carbocycles. The fourth-order valence-electron chi connectivity index (χ4n) is 4.19. The van der Waals surface area contributed by atoms with Gasteiger partial charge in [-0.1, -0.05) is 31.4 Å². The van der Waals surface area contributed by atoms with Crippen LogP contribution in [0, 0.1) is 0 Å². The smallest absolute Gasteiger partial charge is 0.338 e. The summed E-state index contributed by atoms with van der Waals surface area (Å²) in [6.07, 6.45) is 5.34. The zero-order valence-corrected chi connectivity index (χ0v) is 16.4. The highest BCUT2D eigenvalue weighted by Gasteiger charge is 2.42. The minimum Gasteiger partial charge on any atom is -0.497 e. The van der Waals surface area contributed by atoms with Gasteiger partial charge in [-0.3, -0.25) is 9.69 Å². The van der Waals surface area contributed by atoms with Crippen LogP contribution >= 0.6 is 0 Å². The van der Waals surface area contributed by atoms with E-state index in [2.05, 4.69) is 10.6 Å². The van der Waals surface area contributed by atoms with Gasteiger partial charge in [0.1, 0.15) is 18.9 Å². The molecule has 0 radical (unpaired) electrons. The molecule has 2 heterocycles. The van der Waals surface area contributed by atoms with E-state index in [0.29, 0.717) is 17.0 Å². The van der Waals surface area contributed by atoms with Crippen molar-refractivity contribution in [3.63, 3.8) is 0 Å². The SMILES string of the molecule is COc1ccc(C2NC(=O)N(CC(=O)NC3CCCCC3)C3=C2C(=O)OC3)cc1. The largest absolute Gasteiger partial charge is 0.497 e. The van der Waals surface area contributed by atoms with Crippen molar-refractivity contribution in [3.8, 4) is 5.75 Å². The summed E-state index contributed by atoms with van der Waals surface area (Å²) in [5, 5.41) is 5.85. The van der Waals surface area contributed by atoms with Crippen LogP contribution in [0.25, 0.3) is 0 Å². The Balaban J connectivity index is 1.54. The van der Waals surface area contributed by atoms with Gasteiger partial charge in [0.15, 0.2) is 0 Å². The quantitative estimate of drug-likeness (QED) is 0.739. The summed E-state index contributed by atoms with van der Waals surface area (Å²) in [7, 11) is 1.57. The van der Waals surface area contributed by atoms with Gasteiger partial charge in [0.05, 0.1) is 24.4 Å². The van der Waals surface area contributed by atoms with Crippen molar-refractivity contribution in [1.82, 2.24) is 15.5 Å². The minimum absolute atomic E-state index is 0.00898. The van der Waals surface area contributed by atoms with Gasteiger partial charge in [-0.25, -0.2) is 9.59 Å². The second-order valence-electron chi connectivity index (χ2n) is 7.58. The highest BCUT2D eigenvalue weighted by Crippen LogP contribution is 2.35. The number of ether oxygens (including phenoxy) is 2. The van der Waals surface area contributed by atoms with Crippen LogP contribution < -0.4 is 15.4 Å². The molecule has 154 valence electrons. The number of nitrogens with one attached hydrogen (secondary N) is 2. The summed E-state index contributed by atoms with van der Waals surface area (Å²) in [5.41, 5.74) is 1.58. The van der Waals surface area contributed by atoms with Crippen LogP contribution in [-0.4, -0.2) is 49.1 Å². The number of urea groups is 1. The highest BCUT2D eigenvalue weighted by atomic mass is 16.5. The molecule has 4 rings (SSSR count). The third-order valence-electron chi connectivity index (χ3n) is 5.72. The third kappa shape index (κ3) is 3.92. The van der Waals surface area contributed by atoms with Gasteiger partial charge < -0.3 is 20.1 Å². The molecule has 0 spiro atoms. The van der Waals surface area contributed by atoms with Gasteiger partial charge in [0.2, 0.25) is 5.91 Å². The van der Waals surface area contributed by atoms with Crippen molar-refractivity contribution in [1.29, 1.82) is 0 Å². The first kappa shape index (κ1) is 19.3. The molecule has 1 unspecified atom stereocenters. The number of cyclic esters (lactones) is 1. The van der Waals surface area contributed by atoms with E-state index in [1.807, 2.05) is 0 Å². The first-order valence-electron chi connectivity index (χ1n) is 9.98. The molecule has 2 N–H and O–H groups in total. The molecule has 8 heteroatoms. The maximum atomic E-state index is 12.8. The molecular formula is C21H25N3O5. The maximum absolute atomic E-state index is 12.8. The summed E-state index contributed by atoms with van der Waals surface area (Å²) in [6.45, 7) is -0.141. The fraction of sp³-hybridized carbons (Fsp3) is 0.476. The summed E-state index contributed by atoms with van der Waals surface area (Å²) in [6, 6.07) is 6.26. The molecule has 1 fully saturated rings. The Hall–Kier alpha value is -3.03. The maximum Gasteiger partial charge on any atom is 0.338 e. The lowest BCUT2D eigenvalue weighted by atomic mass is 9.95. The molecule has 1 atom stereocenters. The van der Waals surface area contributed by atoms with E-state index in [0.717, 1.165) is 31.2 Å². The molecule has 3 aliphatic rings. The summed E-state index contributed by atoms with van der Waals surface area (Å²) < 4.78 is 10.4. The highest BCUT2D eigenvalue weighted by molar-refractivity contribution is 5.98. The standard InChI is InChI=1S/C21H25N3O5/c1-28-15-9-7-13(8-10-15)19-18-16(12-29-20(18)26)24(21(27)23-19)11-17(25)22-14-5-3-2-4-6-14/h7-10,14,19H,2-6,11-12H2,1H3,(H,22,25)(H,23,27). The summed E-state index contributed by atoms with van der Waals surface area (Å²) in [5.74, 6) is -0.0141. The van der Waals surface area contributed by atoms with Crippen molar-refractivity contribution in [2.24, 2.45) is 0 Å². The second-order valence-corrected chi connectivity index (χ2v) is 7.58. The lowest BCUT2D eigenvalue weighted by Crippen LogP contribution is -2.51. The van der Waals surface area contributed by atoms with Gasteiger partial charge >= 0.3 is 12.0 Å². The number of hydrogen-bond acceptors (Lipinski definition) is 5. The van der Waals surface area contributed by atoms with Crippen molar-refractivity contribution in [2.45, 2.75) is 44.2 Å². The average Bonchev–Trinajstić information content (AvgIpc) is 3.12. The Morgan fingerprint density at radius 1 is 1.21 bits per heavy atom. The Morgan fingerprint density at radius 2 is 1.93 bits per heavy atom. The van der Waals surface area contributed by atoms with Crippen LogP contribution in [0.5, 0.6) is 5.75 Å². The molecule has 2 aliphatic heterocycles. The van der Waals surface area contributed by atoms with Gasteiger partial charge in [-0.15, -0.1) is 0 Å². The topological polar surface area (TPSA) is 97.0 Å². The van der Waals surface area contributed by atoms with Crippen LogP contribution in [0.1, 0.15) is 43.7 Å². The Labute approximate surface area is 169 Å². The zero-order valence-electron chi connectivity index (χ0n) is 16.4. The summed E-state index contributed by atoms with van der Waals surface area (Å²) >= 11 is 0. The molecular weight excluding hydrogens is 374 g/mol. The van der Waals surface area contributed by atoms with Gasteiger partial charge in [0, 0.05) is 6.04 Å². The van der Waals surface area contributed by atoms with Crippen LogP contribution in [0.2, 0.25) is 0 Å². The lowest BCUT2D eigenvalue weighted by molar-refractivity contribution is -0.136. The molecule has 1 aromatic rings. The van der Waals surface area contributed by atoms with E-state index in [1.165, 1.54) is 11.3 Å². The number of carbonyl (C=O) groups is 3. The lowest BCUT2D eigenvalue weighted by Gasteiger charge is -2.33. The first-order chi connectivity index (χ1) is 14.1. The average molecular weight is 399 g/mol. The number of esters is 1. The van der Waals surface area contributed by atoms with E-state index in [4.69, 9.17) is 9.47 Å². The predicted octanol–water partition coefficient (Wildman–Crippen LogP) is 2.02. The van der Waals surface area contributed by atoms with Crippen molar-refractivity contribution in [2.75, 3.05) is 20.3 Å². The van der Waals surface area contributed by atoms with Gasteiger partial charge in [-0.05, 0) is 30.5 Å². The predicted molar refractivity (Wildman–Crippen MR) is 104 cm³/mol. The Bertz CT molecular complexity index is 842. The van der Waals surface area contributed by atoms with Crippen LogP contribution in [0.4, 0.5) is 4.79 Å². The van der Waals surface area contributed by atoms with E-state index < -0.39 is 18.0 Å². The normalized spacial score (nSPS) is 22.1. The van der Waals surface area contributed by atoms with E-state index in [9.17, 15) is 14.4 Å². The molecule has 3 amide bonds. The van der Waals surface area contributed by atoms with E-state index in [1.54, 1.807) is 31.4 Å². The third-order valence-corrected chi connectivity index (χ3v) is 5.72. The molecule has 0 bridgehead atoms.